The van der Waals surface area contributed by atoms with E-state index in [1.54, 1.807) is 18.3 Å². The molecule has 1 aliphatic heterocycles. The zero-order valence-electron chi connectivity index (χ0n) is 32.6. The second-order valence-electron chi connectivity index (χ2n) is 15.4. The van der Waals surface area contributed by atoms with Gasteiger partial charge in [-0.05, 0) is 78.4 Å². The highest BCUT2D eigenvalue weighted by Crippen LogP contribution is 2.41. The van der Waals surface area contributed by atoms with Crippen LogP contribution in [-0.4, -0.2) is 68.8 Å². The average Bonchev–Trinajstić information content (AvgIpc) is 3.87. The number of nitrogens with one attached hydrogen (secondary N) is 2. The molecule has 5 aromatic rings. The minimum absolute atomic E-state index is 0.00411. The molecule has 3 aliphatic rings. The number of benzene rings is 3. The van der Waals surface area contributed by atoms with Crippen molar-refractivity contribution in [3.63, 3.8) is 0 Å². The maximum atomic E-state index is 15.1. The second-order valence-corrected chi connectivity index (χ2v) is 17.8. The molecule has 0 saturated heterocycles. The summed E-state index contributed by atoms with van der Waals surface area (Å²) >= 11 is 6.74. The first-order valence-electron chi connectivity index (χ1n) is 19.4. The van der Waals surface area contributed by atoms with Gasteiger partial charge in [-0.15, -0.1) is 0 Å². The monoisotopic (exact) mass is 880 g/mol. The number of hydrazone groups is 1. The van der Waals surface area contributed by atoms with E-state index in [-0.39, 0.29) is 63.3 Å². The first kappa shape index (κ1) is 41.8. The van der Waals surface area contributed by atoms with Crippen LogP contribution >= 0.6 is 11.6 Å². The highest BCUT2D eigenvalue weighted by Gasteiger charge is 2.48. The summed E-state index contributed by atoms with van der Waals surface area (Å²) in [5.74, 6) is -4.60. The van der Waals surface area contributed by atoms with E-state index in [4.69, 9.17) is 16.6 Å². The second kappa shape index (κ2) is 16.5. The van der Waals surface area contributed by atoms with E-state index in [0.717, 1.165) is 21.7 Å². The maximum Gasteiger partial charge on any atom is 0.265 e. The Bertz CT molecular complexity index is 2800. The van der Waals surface area contributed by atoms with Crippen molar-refractivity contribution in [1.29, 1.82) is 0 Å². The highest BCUT2D eigenvalue weighted by molar-refractivity contribution is 7.91. The van der Waals surface area contributed by atoms with Gasteiger partial charge in [-0.1, -0.05) is 49.7 Å². The van der Waals surface area contributed by atoms with Crippen molar-refractivity contribution >= 4 is 50.0 Å². The van der Waals surface area contributed by atoms with Gasteiger partial charge >= 0.3 is 0 Å². The molecule has 3 atom stereocenters. The minimum atomic E-state index is -3.98. The van der Waals surface area contributed by atoms with Crippen molar-refractivity contribution in [3.8, 4) is 11.1 Å². The molecule has 2 aromatic heterocycles. The molecule has 61 heavy (non-hydrogen) atoms. The van der Waals surface area contributed by atoms with Gasteiger partial charge in [0.25, 0.3) is 12.0 Å². The number of allylic oxidation sites excluding steroid dienone is 2. The van der Waals surface area contributed by atoms with E-state index >= 15 is 9.18 Å². The molecular formula is C42H38ClF5N8O4S. The predicted octanol–water partition coefficient (Wildman–Crippen LogP) is 6.84. The molecule has 1 saturated carbocycles. The van der Waals surface area contributed by atoms with E-state index in [2.05, 4.69) is 20.2 Å². The van der Waals surface area contributed by atoms with Crippen molar-refractivity contribution in [1.82, 2.24) is 34.4 Å². The summed E-state index contributed by atoms with van der Waals surface area (Å²) in [5, 5.41) is 11.9. The molecule has 0 radical (unpaired) electrons. The van der Waals surface area contributed by atoms with Gasteiger partial charge in [0.05, 0.1) is 46.0 Å². The lowest BCUT2D eigenvalue weighted by Crippen LogP contribution is -2.46. The molecule has 318 valence electrons. The van der Waals surface area contributed by atoms with Crippen molar-refractivity contribution in [2.24, 2.45) is 11.0 Å². The van der Waals surface area contributed by atoms with E-state index in [9.17, 15) is 30.8 Å². The van der Waals surface area contributed by atoms with Crippen molar-refractivity contribution in [2.75, 3.05) is 6.54 Å². The van der Waals surface area contributed by atoms with Gasteiger partial charge in [-0.3, -0.25) is 28.6 Å². The Morgan fingerprint density at radius 2 is 1.72 bits per heavy atom. The fourth-order valence-electron chi connectivity index (χ4n) is 7.63. The fourth-order valence-corrected chi connectivity index (χ4v) is 9.30. The molecule has 8 rings (SSSR count). The highest BCUT2D eigenvalue weighted by atomic mass is 35.5. The van der Waals surface area contributed by atoms with Crippen LogP contribution < -0.4 is 15.6 Å². The number of amidine groups is 1. The van der Waals surface area contributed by atoms with Gasteiger partial charge in [0.1, 0.15) is 41.7 Å². The van der Waals surface area contributed by atoms with E-state index in [1.807, 2.05) is 13.8 Å². The van der Waals surface area contributed by atoms with Crippen LogP contribution in [0.25, 0.3) is 27.7 Å². The van der Waals surface area contributed by atoms with Crippen molar-refractivity contribution < 1.29 is 35.2 Å². The quantitative estimate of drug-likeness (QED) is 0.123. The summed E-state index contributed by atoms with van der Waals surface area (Å²) < 4.78 is 104. The molecule has 3 heterocycles. The first-order chi connectivity index (χ1) is 29.1. The minimum Gasteiger partial charge on any atom is -0.344 e. The number of fused-ring (bicyclic) bond motifs is 2. The Labute approximate surface area is 351 Å². The van der Waals surface area contributed by atoms with Crippen LogP contribution in [0.5, 0.6) is 0 Å². The third-order valence-electron chi connectivity index (χ3n) is 10.6. The summed E-state index contributed by atoms with van der Waals surface area (Å²) in [6.07, 6.45) is 1.85. The number of carbonyl (C=O) groups excluding carboxylic acids is 1. The van der Waals surface area contributed by atoms with Gasteiger partial charge < -0.3 is 5.32 Å². The lowest BCUT2D eigenvalue weighted by molar-refractivity contribution is -0.122. The Morgan fingerprint density at radius 1 is 0.984 bits per heavy atom. The van der Waals surface area contributed by atoms with Crippen LogP contribution in [0.3, 0.4) is 0 Å². The maximum absolute atomic E-state index is 15.1. The third-order valence-corrected chi connectivity index (χ3v) is 12.8. The summed E-state index contributed by atoms with van der Waals surface area (Å²) in [7, 11) is -3.98. The largest absolute Gasteiger partial charge is 0.344 e. The van der Waals surface area contributed by atoms with E-state index < -0.39 is 75.2 Å². The molecule has 12 nitrogen and oxygen atoms in total. The lowest BCUT2D eigenvalue weighted by atomic mass is 9.91. The molecule has 0 spiro atoms. The first-order valence-corrected chi connectivity index (χ1v) is 21.3. The molecule has 2 aliphatic carbocycles. The Morgan fingerprint density at radius 3 is 2.39 bits per heavy atom. The number of hydrogen-bond donors (Lipinski definition) is 2. The van der Waals surface area contributed by atoms with Gasteiger partial charge in [0.15, 0.2) is 0 Å². The van der Waals surface area contributed by atoms with Crippen molar-refractivity contribution in [2.45, 2.75) is 69.3 Å². The number of nitrogens with zero attached hydrogens (tertiary/aromatic N) is 6. The third kappa shape index (κ3) is 8.68. The van der Waals surface area contributed by atoms with Crippen molar-refractivity contribution in [3.05, 3.63) is 135 Å². The van der Waals surface area contributed by atoms with E-state index in [1.165, 1.54) is 53.2 Å². The summed E-state index contributed by atoms with van der Waals surface area (Å²) in [5.41, 5.74) is 0.572. The Balaban J connectivity index is 1.32. The number of alkyl halides is 2. The molecule has 1 fully saturated rings. The van der Waals surface area contributed by atoms with E-state index in [0.29, 0.717) is 30.2 Å². The van der Waals surface area contributed by atoms with Crippen LogP contribution in [-0.2, 0) is 27.8 Å². The zero-order valence-corrected chi connectivity index (χ0v) is 34.1. The predicted molar refractivity (Wildman–Crippen MR) is 219 cm³/mol. The number of carbonyl (C=O) groups is 1. The van der Waals surface area contributed by atoms with Crippen LogP contribution in [0.1, 0.15) is 55.7 Å². The fraction of sp³-hybridized carbons (Fsp3) is 0.310. The molecular weight excluding hydrogens is 843 g/mol. The molecule has 2 N–H and O–H groups in total. The summed E-state index contributed by atoms with van der Waals surface area (Å²) in [6, 6.07) is 12.2. The number of amides is 1. The number of sulfonamides is 1. The van der Waals surface area contributed by atoms with Crippen LogP contribution in [0.2, 0.25) is 0 Å². The van der Waals surface area contributed by atoms with Crippen LogP contribution in [0.4, 0.5) is 22.0 Å². The summed E-state index contributed by atoms with van der Waals surface area (Å²) in [6.45, 7) is 2.54. The van der Waals surface area contributed by atoms with Gasteiger partial charge in [-0.25, -0.2) is 35.4 Å². The van der Waals surface area contributed by atoms with Gasteiger partial charge in [0.2, 0.25) is 15.9 Å². The lowest BCUT2D eigenvalue weighted by Gasteiger charge is -2.34. The average molecular weight is 881 g/mol. The van der Waals surface area contributed by atoms with Crippen LogP contribution in [0.15, 0.2) is 100 Å². The molecule has 0 bridgehead atoms. The Hall–Kier alpha value is -5.88. The zero-order chi connectivity index (χ0) is 43.3. The Kier molecular flexibility index (Phi) is 11.3. The van der Waals surface area contributed by atoms with Gasteiger partial charge in [-0.2, -0.15) is 10.2 Å². The van der Waals surface area contributed by atoms with Crippen LogP contribution in [0, 0.1) is 23.4 Å². The molecule has 2 unspecified atom stereocenters. The normalized spacial score (nSPS) is 18.3. The standard InChI is InChI=1S/C42H38ClF5N8O4S/c1-22(2)32-13-14-54(51-32)21-37(57)49-34(17-23-15-25(44)19-26(45)16-23)41-50-33-18-24(28-5-3-4-6-31(28)46)7-10-29(33)42(58)56(41)35-12-11-30(43)38-39(35)55(20-36(47)48)52-40(38)53-61(59,60)27-8-9-27/h3-7,10-16,18-19,22,27,34,36,38-39H,8-9,17,20-21H2,1-2H3,(H,49,57)(H,52,53)/t34-,38?,39?/m0/s1. The number of halogens is 6. The molecule has 3 aromatic carbocycles. The SMILES string of the molecule is CC(C)c1ccn(CC(=O)N[C@@H](Cc2cc(F)cc(F)c2)c2nc3cc(-c4ccccc4F)ccc3c(=O)n2C2=CC=C(Cl)C3C(NS(=O)(=O)C4CC4)=NN(CC(F)F)C23)n1. The number of rotatable bonds is 13. The summed E-state index contributed by atoms with van der Waals surface area (Å²) in [4.78, 5) is 33.9. The van der Waals surface area contributed by atoms with Gasteiger partial charge in [0, 0.05) is 29.3 Å². The topological polar surface area (TPSA) is 144 Å². The smallest absolute Gasteiger partial charge is 0.265 e. The molecule has 1 amide bonds. The molecule has 19 heteroatoms. The number of aromatic nitrogens is 4. The number of hydrogen-bond acceptors (Lipinski definition) is 8.